The number of phenols is 1. The summed E-state index contributed by atoms with van der Waals surface area (Å²) in [7, 11) is 2.05. The maximum Gasteiger partial charge on any atom is 0.416 e. The Morgan fingerprint density at radius 1 is 1.25 bits per heavy atom. The van der Waals surface area contributed by atoms with Gasteiger partial charge in [-0.05, 0) is 63.5 Å². The van der Waals surface area contributed by atoms with Crippen LogP contribution in [-0.2, 0) is 12.6 Å². The number of aromatic hydroxyl groups is 1. The van der Waals surface area contributed by atoms with Gasteiger partial charge < -0.3 is 24.8 Å². The van der Waals surface area contributed by atoms with E-state index in [9.17, 15) is 23.4 Å². The third kappa shape index (κ3) is 4.51. The molecule has 1 saturated heterocycles. The molecule has 3 N–H and O–H groups in total. The van der Waals surface area contributed by atoms with Gasteiger partial charge >= 0.3 is 6.18 Å². The molecule has 7 nitrogen and oxygen atoms in total. The fourth-order valence-corrected chi connectivity index (χ4v) is 4.19. The van der Waals surface area contributed by atoms with Gasteiger partial charge in [-0.25, -0.2) is 4.98 Å². The summed E-state index contributed by atoms with van der Waals surface area (Å²) in [5.41, 5.74) is 1.01. The average molecular weight is 450 g/mol. The Morgan fingerprint density at radius 3 is 2.69 bits per heavy atom. The lowest BCUT2D eigenvalue weighted by Gasteiger charge is -2.29. The van der Waals surface area contributed by atoms with Crippen molar-refractivity contribution < 1.29 is 27.8 Å². The van der Waals surface area contributed by atoms with Crippen LogP contribution in [0.3, 0.4) is 0 Å². The van der Waals surface area contributed by atoms with Gasteiger partial charge in [-0.15, -0.1) is 0 Å². The number of piperidine rings is 1. The molecule has 1 aromatic carbocycles. The van der Waals surface area contributed by atoms with Crippen molar-refractivity contribution in [2.75, 3.05) is 32.1 Å². The van der Waals surface area contributed by atoms with Crippen LogP contribution >= 0.6 is 0 Å². The van der Waals surface area contributed by atoms with Gasteiger partial charge in [0, 0.05) is 30.3 Å². The fourth-order valence-electron chi connectivity index (χ4n) is 4.19. The summed E-state index contributed by atoms with van der Waals surface area (Å²) < 4.78 is 45.1. The molecule has 1 aliphatic heterocycles. The van der Waals surface area contributed by atoms with Crippen molar-refractivity contribution in [1.29, 1.82) is 0 Å². The number of nitrogens with zero attached hydrogens (tertiary/aromatic N) is 3. The first kappa shape index (κ1) is 22.3. The van der Waals surface area contributed by atoms with Gasteiger partial charge in [-0.3, -0.25) is 0 Å². The molecule has 1 aliphatic rings. The molecule has 172 valence electrons. The van der Waals surface area contributed by atoms with Gasteiger partial charge in [0.05, 0.1) is 11.3 Å². The highest BCUT2D eigenvalue weighted by Crippen LogP contribution is 2.39. The van der Waals surface area contributed by atoms with E-state index in [4.69, 9.17) is 4.42 Å². The summed E-state index contributed by atoms with van der Waals surface area (Å²) in [6.07, 6.45) is -2.30. The second-order valence-corrected chi connectivity index (χ2v) is 8.24. The highest BCUT2D eigenvalue weighted by molar-refractivity contribution is 5.81. The minimum atomic E-state index is -4.57. The number of rotatable bonds is 5. The van der Waals surface area contributed by atoms with Gasteiger partial charge in [0.2, 0.25) is 5.65 Å². The van der Waals surface area contributed by atoms with Crippen LogP contribution in [0.5, 0.6) is 5.75 Å². The molecule has 32 heavy (non-hydrogen) atoms. The molecule has 0 amide bonds. The van der Waals surface area contributed by atoms with Crippen LogP contribution < -0.4 is 5.32 Å². The summed E-state index contributed by atoms with van der Waals surface area (Å²) >= 11 is 0. The number of oxazole rings is 1. The summed E-state index contributed by atoms with van der Waals surface area (Å²) in [6.45, 7) is 3.21. The molecule has 0 aliphatic carbocycles. The topological polar surface area (TPSA) is 94.6 Å². The van der Waals surface area contributed by atoms with Crippen LogP contribution in [0.1, 0.15) is 29.5 Å². The second-order valence-electron chi connectivity index (χ2n) is 8.24. The van der Waals surface area contributed by atoms with Gasteiger partial charge in [0.1, 0.15) is 5.75 Å². The third-order valence-electron chi connectivity index (χ3n) is 5.67. The zero-order valence-corrected chi connectivity index (χ0v) is 17.8. The van der Waals surface area contributed by atoms with Gasteiger partial charge in [-0.2, -0.15) is 18.2 Å². The van der Waals surface area contributed by atoms with Crippen molar-refractivity contribution in [2.24, 2.45) is 0 Å². The number of pyridine rings is 1. The number of benzene rings is 1. The Labute approximate surface area is 182 Å². The minimum Gasteiger partial charge on any atom is -0.507 e. The number of hydrogen-bond donors (Lipinski definition) is 3. The SMILES string of the molecule is Cc1cc(C(F)(F)F)cc(O)c1-c1cc(CCO)c2oc(N[C@@H]3CCCN(C)C3)nc2n1. The molecule has 0 radical (unpaired) electrons. The van der Waals surface area contributed by atoms with E-state index in [1.54, 1.807) is 6.07 Å². The highest BCUT2D eigenvalue weighted by Gasteiger charge is 2.32. The number of likely N-dealkylation sites (tertiary alicyclic amines) is 1. The molecule has 2 aromatic heterocycles. The van der Waals surface area contributed by atoms with Crippen LogP contribution in [0.2, 0.25) is 0 Å². The van der Waals surface area contributed by atoms with Crippen molar-refractivity contribution in [3.63, 3.8) is 0 Å². The minimum absolute atomic E-state index is 0.159. The summed E-state index contributed by atoms with van der Waals surface area (Å²) in [5.74, 6) is -0.522. The maximum absolute atomic E-state index is 13.1. The predicted molar refractivity (Wildman–Crippen MR) is 114 cm³/mol. The van der Waals surface area contributed by atoms with Gasteiger partial charge in [-0.1, -0.05) is 0 Å². The Morgan fingerprint density at radius 2 is 2.03 bits per heavy atom. The van der Waals surface area contributed by atoms with E-state index < -0.39 is 17.5 Å². The van der Waals surface area contributed by atoms with E-state index in [-0.39, 0.29) is 41.5 Å². The molecule has 1 atom stereocenters. The number of likely N-dealkylation sites (N-methyl/N-ethyl adjacent to an activating group) is 1. The molecule has 0 spiro atoms. The first-order valence-electron chi connectivity index (χ1n) is 10.4. The van der Waals surface area contributed by atoms with E-state index in [1.807, 2.05) is 7.05 Å². The lowest BCUT2D eigenvalue weighted by Crippen LogP contribution is -2.39. The van der Waals surface area contributed by atoms with Crippen molar-refractivity contribution in [1.82, 2.24) is 14.9 Å². The number of halogens is 3. The third-order valence-corrected chi connectivity index (χ3v) is 5.67. The molecule has 0 unspecified atom stereocenters. The van der Waals surface area contributed by atoms with E-state index in [0.29, 0.717) is 23.2 Å². The molecular formula is C22H25F3N4O3. The Bertz CT molecular complexity index is 1110. The predicted octanol–water partition coefficient (Wildman–Crippen LogP) is 3.96. The number of phenolic OH excluding ortho intramolecular Hbond substituents is 1. The van der Waals surface area contributed by atoms with Crippen molar-refractivity contribution >= 4 is 17.2 Å². The number of aliphatic hydroxyl groups excluding tert-OH is 1. The number of hydrogen-bond acceptors (Lipinski definition) is 7. The van der Waals surface area contributed by atoms with Gasteiger partial charge in [0.25, 0.3) is 6.01 Å². The van der Waals surface area contributed by atoms with Crippen LogP contribution in [0.15, 0.2) is 22.6 Å². The highest BCUT2D eigenvalue weighted by atomic mass is 19.4. The monoisotopic (exact) mass is 450 g/mol. The van der Waals surface area contributed by atoms with Crippen LogP contribution in [-0.4, -0.2) is 57.9 Å². The number of aryl methyl sites for hydroxylation is 1. The Hall–Kier alpha value is -2.85. The summed E-state index contributed by atoms with van der Waals surface area (Å²) in [5, 5.41) is 23.2. The smallest absolute Gasteiger partial charge is 0.416 e. The van der Waals surface area contributed by atoms with Crippen LogP contribution in [0.4, 0.5) is 19.2 Å². The molecule has 3 heterocycles. The standard InChI is InChI=1S/C22H25F3N4O3/c1-12-8-14(22(23,24)25)10-17(31)18(12)16-9-13(5-7-30)19-20(27-16)28-21(32-19)26-15-4-3-6-29(2)11-15/h8-10,15,30-31H,3-7,11H2,1-2H3,(H,26,27,28)/t15-/m1/s1. The lowest BCUT2D eigenvalue weighted by atomic mass is 9.99. The molecule has 1 fully saturated rings. The fraction of sp³-hybridized carbons (Fsp3) is 0.455. The van der Waals surface area contributed by atoms with E-state index in [0.717, 1.165) is 32.0 Å². The molecular weight excluding hydrogens is 425 g/mol. The first-order valence-corrected chi connectivity index (χ1v) is 10.4. The number of aliphatic hydroxyl groups is 1. The Kier molecular flexibility index (Phi) is 6.00. The zero-order valence-electron chi connectivity index (χ0n) is 17.8. The molecule has 4 rings (SSSR count). The Balaban J connectivity index is 1.75. The van der Waals surface area contributed by atoms with Crippen molar-refractivity contribution in [2.45, 2.75) is 38.4 Å². The molecule has 0 saturated carbocycles. The molecule has 0 bridgehead atoms. The van der Waals surface area contributed by atoms with E-state index >= 15 is 0 Å². The number of fused-ring (bicyclic) bond motifs is 1. The van der Waals surface area contributed by atoms with Crippen LogP contribution in [0, 0.1) is 6.92 Å². The van der Waals surface area contributed by atoms with E-state index in [1.165, 1.54) is 6.92 Å². The quantitative estimate of drug-likeness (QED) is 0.542. The first-order chi connectivity index (χ1) is 15.2. The number of aromatic nitrogens is 2. The lowest BCUT2D eigenvalue weighted by molar-refractivity contribution is -0.137. The van der Waals surface area contributed by atoms with Gasteiger partial charge in [0.15, 0.2) is 5.58 Å². The van der Waals surface area contributed by atoms with Crippen LogP contribution in [0.25, 0.3) is 22.5 Å². The number of alkyl halides is 3. The normalized spacial score (nSPS) is 17.8. The molecule has 10 heteroatoms. The molecule has 3 aromatic rings. The average Bonchev–Trinajstić information content (AvgIpc) is 3.09. The number of nitrogens with one attached hydrogen (secondary N) is 1. The number of anilines is 1. The summed E-state index contributed by atoms with van der Waals surface area (Å²) in [4.78, 5) is 11.1. The van der Waals surface area contributed by atoms with E-state index in [2.05, 4.69) is 20.2 Å². The van der Waals surface area contributed by atoms with Crippen molar-refractivity contribution in [3.8, 4) is 17.0 Å². The summed E-state index contributed by atoms with van der Waals surface area (Å²) in [6, 6.07) is 3.75. The zero-order chi connectivity index (χ0) is 23.0. The maximum atomic E-state index is 13.1. The largest absolute Gasteiger partial charge is 0.507 e. The van der Waals surface area contributed by atoms with Crippen molar-refractivity contribution in [3.05, 3.63) is 34.9 Å². The second kappa shape index (κ2) is 8.59.